The van der Waals surface area contributed by atoms with E-state index in [1.165, 1.54) is 51.2 Å². The Balaban J connectivity index is 1.77. The van der Waals surface area contributed by atoms with E-state index in [9.17, 15) is 8.42 Å². The molecule has 0 bridgehead atoms. The van der Waals surface area contributed by atoms with Gasteiger partial charge in [-0.2, -0.15) is 0 Å². The standard InChI is InChI=1S/C19H25N3O2S/c1-25(23,24)15-9-10-17-16(12-15)19(21-13-20-17)22-11-5-8-18(22)14-6-3-2-4-7-14/h9-10,12-14,18H,2-8,11H2,1H3. The average Bonchev–Trinajstić information content (AvgIpc) is 3.10. The molecule has 25 heavy (non-hydrogen) atoms. The summed E-state index contributed by atoms with van der Waals surface area (Å²) >= 11 is 0. The first-order valence-electron chi connectivity index (χ1n) is 9.25. The highest BCUT2D eigenvalue weighted by Gasteiger charge is 2.34. The van der Waals surface area contributed by atoms with Crippen molar-refractivity contribution in [2.24, 2.45) is 5.92 Å². The van der Waals surface area contributed by atoms with Crippen LogP contribution in [0.25, 0.3) is 10.9 Å². The van der Waals surface area contributed by atoms with Crippen LogP contribution in [0.5, 0.6) is 0 Å². The van der Waals surface area contributed by atoms with Crippen LogP contribution in [0.15, 0.2) is 29.4 Å². The summed E-state index contributed by atoms with van der Waals surface area (Å²) in [4.78, 5) is 11.7. The number of hydrogen-bond acceptors (Lipinski definition) is 5. The minimum absolute atomic E-state index is 0.337. The Morgan fingerprint density at radius 1 is 1.04 bits per heavy atom. The summed E-state index contributed by atoms with van der Waals surface area (Å²) in [6.07, 6.45) is 11.9. The van der Waals surface area contributed by atoms with Gasteiger partial charge in [0, 0.05) is 24.2 Å². The Kier molecular flexibility index (Phi) is 4.40. The summed E-state index contributed by atoms with van der Waals surface area (Å²) in [5.74, 6) is 1.64. The molecule has 2 fully saturated rings. The third-order valence-electron chi connectivity index (χ3n) is 5.78. The van der Waals surface area contributed by atoms with Crippen molar-refractivity contribution in [3.8, 4) is 0 Å². The summed E-state index contributed by atoms with van der Waals surface area (Å²) in [6, 6.07) is 5.70. The van der Waals surface area contributed by atoms with Gasteiger partial charge in [-0.25, -0.2) is 18.4 Å². The molecule has 0 spiro atoms. The quantitative estimate of drug-likeness (QED) is 0.838. The molecule has 2 heterocycles. The minimum Gasteiger partial charge on any atom is -0.353 e. The fourth-order valence-electron chi connectivity index (χ4n) is 4.55. The second-order valence-electron chi connectivity index (χ2n) is 7.45. The van der Waals surface area contributed by atoms with Gasteiger partial charge in [0.05, 0.1) is 10.4 Å². The van der Waals surface area contributed by atoms with E-state index in [1.54, 1.807) is 24.5 Å². The molecule has 0 N–H and O–H groups in total. The van der Waals surface area contributed by atoms with Crippen LogP contribution in [0, 0.1) is 5.92 Å². The Hall–Kier alpha value is -1.69. The summed E-state index contributed by atoms with van der Waals surface area (Å²) in [5.41, 5.74) is 0.812. The zero-order valence-electron chi connectivity index (χ0n) is 14.7. The van der Waals surface area contributed by atoms with Crippen LogP contribution in [0.4, 0.5) is 5.82 Å². The van der Waals surface area contributed by atoms with Crippen LogP contribution in [0.3, 0.4) is 0 Å². The van der Waals surface area contributed by atoms with E-state index in [4.69, 9.17) is 0 Å². The predicted octanol–water partition coefficient (Wildman–Crippen LogP) is 3.58. The molecule has 2 aromatic rings. The number of benzene rings is 1. The molecule has 134 valence electrons. The number of anilines is 1. The highest BCUT2D eigenvalue weighted by molar-refractivity contribution is 7.90. The van der Waals surface area contributed by atoms with E-state index in [0.29, 0.717) is 10.9 Å². The molecule has 1 atom stereocenters. The van der Waals surface area contributed by atoms with Gasteiger partial charge in [0.15, 0.2) is 9.84 Å². The van der Waals surface area contributed by atoms with Gasteiger partial charge in [0.2, 0.25) is 0 Å². The lowest BCUT2D eigenvalue weighted by Crippen LogP contribution is -2.37. The van der Waals surface area contributed by atoms with Crippen molar-refractivity contribution in [2.75, 3.05) is 17.7 Å². The fraction of sp³-hybridized carbons (Fsp3) is 0.579. The summed E-state index contributed by atoms with van der Waals surface area (Å²) < 4.78 is 23.9. The summed E-state index contributed by atoms with van der Waals surface area (Å²) in [6.45, 7) is 0.996. The molecule has 1 unspecified atom stereocenters. The van der Waals surface area contributed by atoms with Gasteiger partial charge in [-0.3, -0.25) is 0 Å². The Bertz CT molecular complexity index is 875. The number of hydrogen-bond donors (Lipinski definition) is 0. The zero-order chi connectivity index (χ0) is 17.4. The van der Waals surface area contributed by atoms with Crippen molar-refractivity contribution in [1.29, 1.82) is 0 Å². The first-order valence-corrected chi connectivity index (χ1v) is 11.1. The van der Waals surface area contributed by atoms with Crippen LogP contribution in [-0.2, 0) is 9.84 Å². The van der Waals surface area contributed by atoms with Gasteiger partial charge in [-0.05, 0) is 49.8 Å². The molecule has 4 rings (SSSR count). The molecule has 1 aromatic carbocycles. The summed E-state index contributed by atoms with van der Waals surface area (Å²) in [5, 5.41) is 0.855. The molecule has 6 heteroatoms. The summed E-state index contributed by atoms with van der Waals surface area (Å²) in [7, 11) is -3.24. The predicted molar refractivity (Wildman–Crippen MR) is 99.6 cm³/mol. The zero-order valence-corrected chi connectivity index (χ0v) is 15.5. The lowest BCUT2D eigenvalue weighted by molar-refractivity contribution is 0.304. The Labute approximate surface area is 149 Å². The van der Waals surface area contributed by atoms with Gasteiger partial charge in [0.1, 0.15) is 12.1 Å². The Morgan fingerprint density at radius 2 is 1.84 bits per heavy atom. The van der Waals surface area contributed by atoms with E-state index in [-0.39, 0.29) is 0 Å². The molecule has 2 aliphatic rings. The van der Waals surface area contributed by atoms with Gasteiger partial charge in [0.25, 0.3) is 0 Å². The van der Waals surface area contributed by atoms with Crippen molar-refractivity contribution in [2.45, 2.75) is 55.9 Å². The van der Waals surface area contributed by atoms with Crippen molar-refractivity contribution in [3.05, 3.63) is 24.5 Å². The fourth-order valence-corrected chi connectivity index (χ4v) is 5.19. The van der Waals surface area contributed by atoms with Gasteiger partial charge >= 0.3 is 0 Å². The van der Waals surface area contributed by atoms with E-state index in [1.807, 2.05) is 0 Å². The molecule has 1 saturated heterocycles. The molecule has 1 aromatic heterocycles. The number of nitrogens with zero attached hydrogens (tertiary/aromatic N) is 3. The third kappa shape index (κ3) is 3.24. The topological polar surface area (TPSA) is 63.2 Å². The highest BCUT2D eigenvalue weighted by atomic mass is 32.2. The maximum Gasteiger partial charge on any atom is 0.175 e. The van der Waals surface area contributed by atoms with Crippen LogP contribution < -0.4 is 4.90 Å². The molecular weight excluding hydrogens is 334 g/mol. The van der Waals surface area contributed by atoms with Crippen molar-refractivity contribution >= 4 is 26.6 Å². The Morgan fingerprint density at radius 3 is 2.60 bits per heavy atom. The minimum atomic E-state index is -3.24. The van der Waals surface area contributed by atoms with Crippen LogP contribution in [0.1, 0.15) is 44.9 Å². The van der Waals surface area contributed by atoms with Gasteiger partial charge in [-0.15, -0.1) is 0 Å². The first kappa shape index (κ1) is 16.8. The smallest absolute Gasteiger partial charge is 0.175 e. The van der Waals surface area contributed by atoms with Crippen LogP contribution >= 0.6 is 0 Å². The number of fused-ring (bicyclic) bond motifs is 1. The second kappa shape index (κ2) is 6.56. The van der Waals surface area contributed by atoms with Crippen LogP contribution in [0.2, 0.25) is 0 Å². The molecule has 1 saturated carbocycles. The average molecular weight is 359 g/mol. The highest BCUT2D eigenvalue weighted by Crippen LogP contribution is 2.38. The monoisotopic (exact) mass is 359 g/mol. The van der Waals surface area contributed by atoms with E-state index >= 15 is 0 Å². The van der Waals surface area contributed by atoms with E-state index in [0.717, 1.165) is 29.2 Å². The molecule has 1 aliphatic heterocycles. The molecule has 0 amide bonds. The van der Waals surface area contributed by atoms with Crippen molar-refractivity contribution in [1.82, 2.24) is 9.97 Å². The number of aromatic nitrogens is 2. The maximum atomic E-state index is 12.0. The molecule has 0 radical (unpaired) electrons. The lowest BCUT2D eigenvalue weighted by atomic mass is 9.83. The van der Waals surface area contributed by atoms with Crippen LogP contribution in [-0.4, -0.2) is 37.2 Å². The lowest BCUT2D eigenvalue weighted by Gasteiger charge is -2.35. The normalized spacial score (nSPS) is 22.6. The third-order valence-corrected chi connectivity index (χ3v) is 6.89. The maximum absolute atomic E-state index is 12.0. The molecular formula is C19H25N3O2S. The SMILES string of the molecule is CS(=O)(=O)c1ccc2ncnc(N3CCCC3C3CCCCC3)c2c1. The van der Waals surface area contributed by atoms with Gasteiger partial charge in [-0.1, -0.05) is 19.3 Å². The second-order valence-corrected chi connectivity index (χ2v) is 9.47. The van der Waals surface area contributed by atoms with Crippen molar-refractivity contribution < 1.29 is 8.42 Å². The van der Waals surface area contributed by atoms with Crippen molar-refractivity contribution in [3.63, 3.8) is 0 Å². The van der Waals surface area contributed by atoms with E-state index in [2.05, 4.69) is 14.9 Å². The first-order chi connectivity index (χ1) is 12.0. The van der Waals surface area contributed by atoms with E-state index < -0.39 is 9.84 Å². The largest absolute Gasteiger partial charge is 0.353 e. The molecule has 1 aliphatic carbocycles. The van der Waals surface area contributed by atoms with Gasteiger partial charge < -0.3 is 4.90 Å². The number of rotatable bonds is 3. The number of sulfone groups is 1. The molecule has 5 nitrogen and oxygen atoms in total.